The van der Waals surface area contributed by atoms with E-state index in [1.54, 1.807) is 42.5 Å². The maximum absolute atomic E-state index is 12.4. The van der Waals surface area contributed by atoms with E-state index >= 15 is 0 Å². The Morgan fingerprint density at radius 3 is 2.50 bits per heavy atom. The molecule has 0 radical (unpaired) electrons. The number of halogens is 1. The lowest BCUT2D eigenvalue weighted by atomic mass is 10.1. The van der Waals surface area contributed by atoms with Crippen molar-refractivity contribution in [3.8, 4) is 17.0 Å². The van der Waals surface area contributed by atoms with E-state index < -0.39 is 6.04 Å². The molecule has 0 aliphatic rings. The summed E-state index contributed by atoms with van der Waals surface area (Å²) in [6.07, 6.45) is 0.484. The first-order chi connectivity index (χ1) is 12.5. The van der Waals surface area contributed by atoms with Gasteiger partial charge < -0.3 is 15.5 Å². The van der Waals surface area contributed by atoms with E-state index in [-0.39, 0.29) is 18.3 Å². The van der Waals surface area contributed by atoms with Crippen LogP contribution in [0.25, 0.3) is 11.3 Å². The van der Waals surface area contributed by atoms with E-state index in [1.807, 2.05) is 12.1 Å². The van der Waals surface area contributed by atoms with Crippen molar-refractivity contribution in [3.63, 3.8) is 0 Å². The number of benzene rings is 2. The standard InChI is InChI=1S/C19H18ClN3O3/c20-14-5-1-12(2-6-14)9-15(11-24)21-19(26)18-10-17(22-23-18)13-3-7-16(25)8-4-13/h1-8,10,15,24-25H,9,11H2,(H,21,26)(H,22,23). The number of aromatic nitrogens is 2. The highest BCUT2D eigenvalue weighted by Crippen LogP contribution is 2.20. The average molecular weight is 372 g/mol. The third-order valence-electron chi connectivity index (χ3n) is 3.94. The number of H-pyrrole nitrogens is 1. The van der Waals surface area contributed by atoms with E-state index in [2.05, 4.69) is 15.5 Å². The molecule has 26 heavy (non-hydrogen) atoms. The van der Waals surface area contributed by atoms with Crippen molar-refractivity contribution < 1.29 is 15.0 Å². The van der Waals surface area contributed by atoms with E-state index in [9.17, 15) is 15.0 Å². The number of aliphatic hydroxyl groups excluding tert-OH is 1. The van der Waals surface area contributed by atoms with Gasteiger partial charge in [-0.2, -0.15) is 5.10 Å². The van der Waals surface area contributed by atoms with Gasteiger partial charge in [0.1, 0.15) is 11.4 Å². The molecule has 6 nitrogen and oxygen atoms in total. The number of rotatable bonds is 6. The minimum atomic E-state index is -0.427. The molecule has 0 aliphatic carbocycles. The maximum atomic E-state index is 12.4. The number of amides is 1. The van der Waals surface area contributed by atoms with E-state index in [1.165, 1.54) is 0 Å². The molecule has 0 aliphatic heterocycles. The summed E-state index contributed by atoms with van der Waals surface area (Å²) in [5, 5.41) is 29.1. The lowest BCUT2D eigenvalue weighted by Crippen LogP contribution is -2.39. The van der Waals surface area contributed by atoms with Gasteiger partial charge in [0, 0.05) is 10.6 Å². The van der Waals surface area contributed by atoms with Crippen LogP contribution in [0.1, 0.15) is 16.1 Å². The number of nitrogens with zero attached hydrogens (tertiary/aromatic N) is 1. The summed E-state index contributed by atoms with van der Waals surface area (Å²) in [4.78, 5) is 12.4. The van der Waals surface area contributed by atoms with Crippen LogP contribution in [0, 0.1) is 0 Å². The van der Waals surface area contributed by atoms with Crippen molar-refractivity contribution in [1.29, 1.82) is 0 Å². The molecular formula is C19H18ClN3O3. The molecule has 1 unspecified atom stereocenters. The molecule has 0 spiro atoms. The fourth-order valence-electron chi connectivity index (χ4n) is 2.55. The highest BCUT2D eigenvalue weighted by molar-refractivity contribution is 6.30. The minimum absolute atomic E-state index is 0.162. The predicted molar refractivity (Wildman–Crippen MR) is 99.2 cm³/mol. The Labute approximate surface area is 155 Å². The molecule has 0 saturated heterocycles. The van der Waals surface area contributed by atoms with E-state index in [0.29, 0.717) is 22.8 Å². The summed E-state index contributed by atoms with van der Waals surface area (Å²) >= 11 is 5.86. The quantitative estimate of drug-likeness (QED) is 0.535. The van der Waals surface area contributed by atoms with E-state index in [0.717, 1.165) is 11.1 Å². The van der Waals surface area contributed by atoms with Crippen LogP contribution < -0.4 is 5.32 Å². The molecule has 0 fully saturated rings. The first kappa shape index (κ1) is 18.0. The van der Waals surface area contributed by atoms with Crippen LogP contribution in [-0.2, 0) is 6.42 Å². The topological polar surface area (TPSA) is 98.2 Å². The Hall–Kier alpha value is -2.83. The maximum Gasteiger partial charge on any atom is 0.269 e. The molecule has 134 valence electrons. The lowest BCUT2D eigenvalue weighted by molar-refractivity contribution is 0.0911. The third kappa shape index (κ3) is 4.41. The molecule has 4 N–H and O–H groups in total. The van der Waals surface area contributed by atoms with Crippen molar-refractivity contribution >= 4 is 17.5 Å². The zero-order chi connectivity index (χ0) is 18.5. The summed E-state index contributed by atoms with van der Waals surface area (Å²) in [5.41, 5.74) is 2.62. The molecule has 1 aromatic heterocycles. The van der Waals surface area contributed by atoms with Crippen molar-refractivity contribution in [2.45, 2.75) is 12.5 Å². The Kier molecular flexibility index (Phi) is 5.55. The smallest absolute Gasteiger partial charge is 0.269 e. The molecule has 2 aromatic carbocycles. The van der Waals surface area contributed by atoms with Crippen LogP contribution >= 0.6 is 11.6 Å². The van der Waals surface area contributed by atoms with Crippen LogP contribution in [0.2, 0.25) is 5.02 Å². The lowest BCUT2D eigenvalue weighted by Gasteiger charge is -2.15. The highest BCUT2D eigenvalue weighted by Gasteiger charge is 2.16. The zero-order valence-electron chi connectivity index (χ0n) is 13.8. The Morgan fingerprint density at radius 1 is 1.15 bits per heavy atom. The van der Waals surface area contributed by atoms with Gasteiger partial charge in [0.2, 0.25) is 0 Å². The zero-order valence-corrected chi connectivity index (χ0v) is 14.6. The minimum Gasteiger partial charge on any atom is -0.508 e. The van der Waals surface area contributed by atoms with Crippen LogP contribution in [0.3, 0.4) is 0 Å². The normalized spacial score (nSPS) is 11.9. The average Bonchev–Trinajstić information content (AvgIpc) is 3.14. The molecule has 0 bridgehead atoms. The number of hydrogen-bond donors (Lipinski definition) is 4. The van der Waals surface area contributed by atoms with Gasteiger partial charge in [0.15, 0.2) is 0 Å². The van der Waals surface area contributed by atoms with Gasteiger partial charge in [-0.15, -0.1) is 0 Å². The first-order valence-electron chi connectivity index (χ1n) is 8.06. The fourth-order valence-corrected chi connectivity index (χ4v) is 2.67. The third-order valence-corrected chi connectivity index (χ3v) is 4.19. The number of nitrogens with one attached hydrogen (secondary N) is 2. The van der Waals surface area contributed by atoms with Gasteiger partial charge >= 0.3 is 0 Å². The molecule has 1 atom stereocenters. The Morgan fingerprint density at radius 2 is 1.85 bits per heavy atom. The summed E-state index contributed by atoms with van der Waals surface area (Å²) in [6, 6.07) is 15.0. The van der Waals surface area contributed by atoms with Gasteiger partial charge in [-0.05, 0) is 54.4 Å². The monoisotopic (exact) mass is 371 g/mol. The molecule has 1 heterocycles. The van der Waals surface area contributed by atoms with Crippen LogP contribution in [0.5, 0.6) is 5.75 Å². The number of carbonyl (C=O) groups is 1. The molecule has 7 heteroatoms. The summed E-state index contributed by atoms with van der Waals surface area (Å²) in [5.74, 6) is -0.189. The molecule has 1 amide bonds. The largest absolute Gasteiger partial charge is 0.508 e. The number of aromatic amines is 1. The van der Waals surface area contributed by atoms with Gasteiger partial charge in [-0.25, -0.2) is 0 Å². The van der Waals surface area contributed by atoms with Gasteiger partial charge in [0.05, 0.1) is 18.3 Å². The van der Waals surface area contributed by atoms with Gasteiger partial charge in [0.25, 0.3) is 5.91 Å². The number of phenols is 1. The van der Waals surface area contributed by atoms with Gasteiger partial charge in [-0.1, -0.05) is 23.7 Å². The van der Waals surface area contributed by atoms with Crippen LogP contribution in [0.15, 0.2) is 54.6 Å². The van der Waals surface area contributed by atoms with Crippen molar-refractivity contribution in [2.75, 3.05) is 6.61 Å². The number of aromatic hydroxyl groups is 1. The van der Waals surface area contributed by atoms with Crippen LogP contribution in [-0.4, -0.2) is 39.0 Å². The molecular weight excluding hydrogens is 354 g/mol. The summed E-state index contributed by atoms with van der Waals surface area (Å²) in [7, 11) is 0. The Bertz CT molecular complexity index is 876. The second-order valence-corrected chi connectivity index (χ2v) is 6.33. The number of phenolic OH excluding ortho intramolecular Hbond substituents is 1. The molecule has 0 saturated carbocycles. The number of aliphatic hydroxyl groups is 1. The van der Waals surface area contributed by atoms with Crippen molar-refractivity contribution in [2.24, 2.45) is 0 Å². The van der Waals surface area contributed by atoms with Crippen molar-refractivity contribution in [3.05, 3.63) is 70.9 Å². The first-order valence-corrected chi connectivity index (χ1v) is 8.44. The van der Waals surface area contributed by atoms with Gasteiger partial charge in [-0.3, -0.25) is 9.89 Å². The predicted octanol–water partition coefficient (Wildman–Crippen LogP) is 2.77. The van der Waals surface area contributed by atoms with Crippen LogP contribution in [0.4, 0.5) is 0 Å². The molecule has 3 aromatic rings. The fraction of sp³-hybridized carbons (Fsp3) is 0.158. The second-order valence-electron chi connectivity index (χ2n) is 5.90. The number of carbonyl (C=O) groups excluding carboxylic acids is 1. The van der Waals surface area contributed by atoms with E-state index in [4.69, 9.17) is 11.6 Å². The number of hydrogen-bond acceptors (Lipinski definition) is 4. The second kappa shape index (κ2) is 8.03. The highest BCUT2D eigenvalue weighted by atomic mass is 35.5. The summed E-state index contributed by atoms with van der Waals surface area (Å²) < 4.78 is 0. The summed E-state index contributed by atoms with van der Waals surface area (Å²) in [6.45, 7) is -0.187. The van der Waals surface area contributed by atoms with Crippen molar-refractivity contribution in [1.82, 2.24) is 15.5 Å². The Balaban J connectivity index is 1.66. The molecule has 3 rings (SSSR count). The SMILES string of the molecule is O=C(NC(CO)Cc1ccc(Cl)cc1)c1cc(-c2ccc(O)cc2)n[nH]1.